The Hall–Kier alpha value is -3.22. The van der Waals surface area contributed by atoms with E-state index in [1.807, 2.05) is 13.8 Å². The van der Waals surface area contributed by atoms with E-state index in [-0.39, 0.29) is 17.2 Å². The van der Waals surface area contributed by atoms with E-state index in [4.69, 9.17) is 4.74 Å². The highest BCUT2D eigenvalue weighted by Gasteiger charge is 2.18. The number of esters is 1. The van der Waals surface area contributed by atoms with E-state index in [9.17, 15) is 19.7 Å². The first-order chi connectivity index (χ1) is 12.2. The van der Waals surface area contributed by atoms with Crippen LogP contribution in [0.4, 0.5) is 11.4 Å². The molecule has 0 spiro atoms. The van der Waals surface area contributed by atoms with Gasteiger partial charge in [-0.3, -0.25) is 14.9 Å². The summed E-state index contributed by atoms with van der Waals surface area (Å²) in [5.41, 5.74) is 2.24. The lowest BCUT2D eigenvalue weighted by molar-refractivity contribution is -0.384. The van der Waals surface area contributed by atoms with E-state index in [0.29, 0.717) is 16.8 Å². The molecule has 0 atom stereocenters. The lowest BCUT2D eigenvalue weighted by atomic mass is 9.96. The summed E-state index contributed by atoms with van der Waals surface area (Å²) in [6.45, 7) is 5.60. The van der Waals surface area contributed by atoms with Crippen molar-refractivity contribution in [3.8, 4) is 0 Å². The van der Waals surface area contributed by atoms with E-state index < -0.39 is 16.8 Å². The van der Waals surface area contributed by atoms with Gasteiger partial charge in [-0.05, 0) is 36.1 Å². The molecule has 0 aliphatic rings. The number of non-ortho nitro benzene ring substituents is 1. The minimum absolute atomic E-state index is 0.105. The van der Waals surface area contributed by atoms with Gasteiger partial charge in [-0.25, -0.2) is 4.79 Å². The fourth-order valence-corrected chi connectivity index (χ4v) is 2.59. The predicted molar refractivity (Wildman–Crippen MR) is 97.7 cm³/mol. The third-order valence-corrected chi connectivity index (χ3v) is 4.02. The molecule has 1 N–H and O–H groups in total. The van der Waals surface area contributed by atoms with E-state index in [0.717, 1.165) is 5.56 Å². The molecule has 0 saturated carbocycles. The highest BCUT2D eigenvalue weighted by molar-refractivity contribution is 6.06. The average molecular weight is 356 g/mol. The van der Waals surface area contributed by atoms with Crippen LogP contribution in [0.1, 0.15) is 51.6 Å². The SMILES string of the molecule is COC(=O)c1cc(NC(=O)c2cc([N+](=O)[O-])ccc2C)ccc1C(C)C. The third kappa shape index (κ3) is 4.05. The predicted octanol–water partition coefficient (Wildman–Crippen LogP) is 4.07. The molecule has 2 rings (SSSR count). The molecular weight excluding hydrogens is 336 g/mol. The number of nitrogens with zero attached hydrogens (tertiary/aromatic N) is 1. The number of nitro groups is 1. The number of ether oxygens (including phenoxy) is 1. The van der Waals surface area contributed by atoms with E-state index in [1.165, 1.54) is 25.3 Å². The number of carbonyl (C=O) groups is 2. The number of aryl methyl sites for hydroxylation is 1. The number of methoxy groups -OCH3 is 1. The molecule has 0 saturated heterocycles. The van der Waals surface area contributed by atoms with Crippen molar-refractivity contribution in [3.05, 3.63) is 68.8 Å². The summed E-state index contributed by atoms with van der Waals surface area (Å²) in [6.07, 6.45) is 0. The zero-order valence-electron chi connectivity index (χ0n) is 15.0. The van der Waals surface area contributed by atoms with Gasteiger partial charge < -0.3 is 10.1 Å². The average Bonchev–Trinajstić information content (AvgIpc) is 2.60. The monoisotopic (exact) mass is 356 g/mol. The van der Waals surface area contributed by atoms with Gasteiger partial charge in [0.2, 0.25) is 0 Å². The first kappa shape index (κ1) is 19.1. The second-order valence-electron chi connectivity index (χ2n) is 6.16. The molecule has 2 aromatic rings. The molecule has 0 aromatic heterocycles. The van der Waals surface area contributed by atoms with Crippen molar-refractivity contribution in [2.24, 2.45) is 0 Å². The molecule has 7 heteroatoms. The van der Waals surface area contributed by atoms with Crippen molar-refractivity contribution in [1.29, 1.82) is 0 Å². The highest BCUT2D eigenvalue weighted by Crippen LogP contribution is 2.25. The van der Waals surface area contributed by atoms with Crippen LogP contribution in [0.3, 0.4) is 0 Å². The first-order valence-corrected chi connectivity index (χ1v) is 8.03. The fraction of sp³-hybridized carbons (Fsp3) is 0.263. The number of benzene rings is 2. The topological polar surface area (TPSA) is 98.5 Å². The van der Waals surface area contributed by atoms with Gasteiger partial charge in [0.1, 0.15) is 0 Å². The standard InChI is InChI=1S/C19H20N2O5/c1-11(2)15-8-6-13(9-17(15)19(23)26-4)20-18(22)16-10-14(21(24)25)7-5-12(16)3/h5-11H,1-4H3,(H,20,22). The Kier molecular flexibility index (Phi) is 5.71. The molecule has 26 heavy (non-hydrogen) atoms. The molecule has 0 radical (unpaired) electrons. The molecule has 0 aliphatic carbocycles. The zero-order chi connectivity index (χ0) is 19.4. The Morgan fingerprint density at radius 3 is 2.38 bits per heavy atom. The lowest BCUT2D eigenvalue weighted by Gasteiger charge is -2.14. The van der Waals surface area contributed by atoms with Gasteiger partial charge in [-0.1, -0.05) is 26.0 Å². The number of amides is 1. The van der Waals surface area contributed by atoms with Gasteiger partial charge in [0, 0.05) is 23.4 Å². The fourth-order valence-electron chi connectivity index (χ4n) is 2.59. The van der Waals surface area contributed by atoms with Gasteiger partial charge in [-0.2, -0.15) is 0 Å². The maximum absolute atomic E-state index is 12.5. The molecule has 136 valence electrons. The number of nitrogens with one attached hydrogen (secondary N) is 1. The van der Waals surface area contributed by atoms with E-state index in [2.05, 4.69) is 5.32 Å². The van der Waals surface area contributed by atoms with Crippen LogP contribution in [0.2, 0.25) is 0 Å². The number of anilines is 1. The number of rotatable bonds is 5. The molecule has 0 fully saturated rings. The number of nitro benzene ring substituents is 1. The van der Waals surface area contributed by atoms with Crippen LogP contribution in [0, 0.1) is 17.0 Å². The quantitative estimate of drug-likeness (QED) is 0.495. The van der Waals surface area contributed by atoms with Crippen molar-refractivity contribution >= 4 is 23.3 Å². The number of carbonyl (C=O) groups excluding carboxylic acids is 2. The summed E-state index contributed by atoms with van der Waals surface area (Å²) < 4.78 is 4.81. The minimum atomic E-state index is -0.553. The number of hydrogen-bond acceptors (Lipinski definition) is 5. The van der Waals surface area contributed by atoms with Gasteiger partial charge in [0.15, 0.2) is 0 Å². The summed E-state index contributed by atoms with van der Waals surface area (Å²) >= 11 is 0. The summed E-state index contributed by atoms with van der Waals surface area (Å²) in [6, 6.07) is 9.09. The smallest absolute Gasteiger partial charge is 0.338 e. The Morgan fingerprint density at radius 2 is 1.81 bits per heavy atom. The Labute approximate surface area is 151 Å². The van der Waals surface area contributed by atoms with Crippen LogP contribution in [0.15, 0.2) is 36.4 Å². The second kappa shape index (κ2) is 7.77. The summed E-state index contributed by atoms with van der Waals surface area (Å²) in [7, 11) is 1.30. The van der Waals surface area contributed by atoms with Crippen LogP contribution in [-0.4, -0.2) is 23.9 Å². The van der Waals surface area contributed by atoms with Crippen LogP contribution >= 0.6 is 0 Å². The number of hydrogen-bond donors (Lipinski definition) is 1. The normalized spacial score (nSPS) is 10.5. The Balaban J connectivity index is 2.36. The third-order valence-electron chi connectivity index (χ3n) is 4.02. The molecule has 0 heterocycles. The summed E-state index contributed by atoms with van der Waals surface area (Å²) in [5.74, 6) is -0.872. The molecule has 1 amide bonds. The van der Waals surface area contributed by atoms with Crippen LogP contribution < -0.4 is 5.32 Å². The molecule has 7 nitrogen and oxygen atoms in total. The maximum Gasteiger partial charge on any atom is 0.338 e. The molecule has 0 unspecified atom stereocenters. The first-order valence-electron chi connectivity index (χ1n) is 8.03. The second-order valence-corrected chi connectivity index (χ2v) is 6.16. The zero-order valence-corrected chi connectivity index (χ0v) is 15.0. The lowest BCUT2D eigenvalue weighted by Crippen LogP contribution is -2.15. The van der Waals surface area contributed by atoms with Crippen molar-refractivity contribution in [2.75, 3.05) is 12.4 Å². The van der Waals surface area contributed by atoms with Crippen molar-refractivity contribution < 1.29 is 19.2 Å². The van der Waals surface area contributed by atoms with Crippen molar-refractivity contribution in [1.82, 2.24) is 0 Å². The molecule has 2 aromatic carbocycles. The summed E-state index contributed by atoms with van der Waals surface area (Å²) in [4.78, 5) is 34.9. The minimum Gasteiger partial charge on any atom is -0.465 e. The van der Waals surface area contributed by atoms with E-state index >= 15 is 0 Å². The van der Waals surface area contributed by atoms with Gasteiger partial charge in [0.25, 0.3) is 11.6 Å². The van der Waals surface area contributed by atoms with Gasteiger partial charge >= 0.3 is 5.97 Å². The van der Waals surface area contributed by atoms with Crippen molar-refractivity contribution in [3.63, 3.8) is 0 Å². The Morgan fingerprint density at radius 1 is 1.12 bits per heavy atom. The van der Waals surface area contributed by atoms with Gasteiger partial charge in [0.05, 0.1) is 17.6 Å². The van der Waals surface area contributed by atoms with Crippen molar-refractivity contribution in [2.45, 2.75) is 26.7 Å². The van der Waals surface area contributed by atoms with E-state index in [1.54, 1.807) is 25.1 Å². The largest absolute Gasteiger partial charge is 0.465 e. The summed E-state index contributed by atoms with van der Waals surface area (Å²) in [5, 5.41) is 13.6. The Bertz CT molecular complexity index is 874. The van der Waals surface area contributed by atoms with Crippen LogP contribution in [0.25, 0.3) is 0 Å². The molecule has 0 bridgehead atoms. The van der Waals surface area contributed by atoms with Crippen LogP contribution in [-0.2, 0) is 4.74 Å². The molecular formula is C19H20N2O5. The highest BCUT2D eigenvalue weighted by atomic mass is 16.6. The van der Waals surface area contributed by atoms with Gasteiger partial charge in [-0.15, -0.1) is 0 Å². The maximum atomic E-state index is 12.5. The van der Waals surface area contributed by atoms with Crippen LogP contribution in [0.5, 0.6) is 0 Å². The molecule has 0 aliphatic heterocycles.